The molecule has 1 nitrogen and oxygen atoms in total. The minimum Gasteiger partial charge on any atom is -0.311 e. The summed E-state index contributed by atoms with van der Waals surface area (Å²) in [6.45, 7) is 9.31. The van der Waals surface area contributed by atoms with Crippen molar-refractivity contribution in [3.8, 4) is 0 Å². The van der Waals surface area contributed by atoms with E-state index in [-0.39, 0.29) is 6.54 Å². The maximum absolute atomic E-state index is 11.8. The van der Waals surface area contributed by atoms with Gasteiger partial charge in [0.1, 0.15) is 0 Å². The molecule has 0 aromatic rings. The molecule has 0 radical (unpaired) electrons. The van der Waals surface area contributed by atoms with Crippen LogP contribution in [0.4, 0.5) is 8.78 Å². The molecule has 3 heteroatoms. The molecule has 1 atom stereocenters. The van der Waals surface area contributed by atoms with Crippen LogP contribution in [0.3, 0.4) is 0 Å². The normalized spacial score (nSPS) is 14.8. The average Bonchev–Trinajstić information content (AvgIpc) is 1.94. The standard InChI is InChI=1S/C11H23F2N/c1-9(7-11(2,3)4)5-6-14-8-10(12)13/h9-10,14H,5-8H2,1-4H3. The first-order valence-electron chi connectivity index (χ1n) is 5.30. The fourth-order valence-electron chi connectivity index (χ4n) is 1.71. The van der Waals surface area contributed by atoms with Gasteiger partial charge in [0.15, 0.2) is 0 Å². The Labute approximate surface area is 86.3 Å². The van der Waals surface area contributed by atoms with Gasteiger partial charge in [-0.15, -0.1) is 0 Å². The lowest BCUT2D eigenvalue weighted by atomic mass is 9.84. The summed E-state index contributed by atoms with van der Waals surface area (Å²) >= 11 is 0. The zero-order valence-corrected chi connectivity index (χ0v) is 9.74. The molecular formula is C11H23F2N. The quantitative estimate of drug-likeness (QED) is 0.659. The average molecular weight is 207 g/mol. The maximum atomic E-state index is 11.8. The maximum Gasteiger partial charge on any atom is 0.250 e. The number of hydrogen-bond donors (Lipinski definition) is 1. The van der Waals surface area contributed by atoms with Crippen LogP contribution >= 0.6 is 0 Å². The van der Waals surface area contributed by atoms with Crippen LogP contribution in [0.1, 0.15) is 40.5 Å². The first kappa shape index (κ1) is 13.8. The third-order valence-electron chi connectivity index (χ3n) is 2.07. The van der Waals surface area contributed by atoms with E-state index in [1.54, 1.807) is 0 Å². The second-order valence-electron chi connectivity index (χ2n) is 5.25. The predicted molar refractivity (Wildman–Crippen MR) is 56.7 cm³/mol. The summed E-state index contributed by atoms with van der Waals surface area (Å²) in [5.74, 6) is 0.597. The van der Waals surface area contributed by atoms with Gasteiger partial charge in [-0.05, 0) is 30.7 Å². The molecule has 0 aliphatic rings. The SMILES string of the molecule is CC(CCNCC(F)F)CC(C)(C)C. The van der Waals surface area contributed by atoms with Gasteiger partial charge < -0.3 is 5.32 Å². The molecule has 0 aliphatic carbocycles. The lowest BCUT2D eigenvalue weighted by molar-refractivity contribution is 0.145. The molecule has 1 N–H and O–H groups in total. The van der Waals surface area contributed by atoms with Gasteiger partial charge >= 0.3 is 0 Å². The Bertz CT molecular complexity index is 141. The fraction of sp³-hybridized carbons (Fsp3) is 1.00. The highest BCUT2D eigenvalue weighted by Gasteiger charge is 2.14. The summed E-state index contributed by atoms with van der Waals surface area (Å²) in [5, 5.41) is 2.75. The number of alkyl halides is 2. The van der Waals surface area contributed by atoms with Crippen LogP contribution in [-0.4, -0.2) is 19.5 Å². The number of rotatable bonds is 6. The Kier molecular flexibility index (Phi) is 6.25. The van der Waals surface area contributed by atoms with E-state index in [0.29, 0.717) is 17.9 Å². The number of halogens is 2. The Morgan fingerprint density at radius 1 is 1.21 bits per heavy atom. The molecule has 0 aromatic carbocycles. The Morgan fingerprint density at radius 2 is 1.79 bits per heavy atom. The van der Waals surface area contributed by atoms with E-state index >= 15 is 0 Å². The van der Waals surface area contributed by atoms with Crippen molar-refractivity contribution in [1.82, 2.24) is 5.32 Å². The predicted octanol–water partition coefficient (Wildman–Crippen LogP) is 3.30. The van der Waals surface area contributed by atoms with E-state index in [1.165, 1.54) is 0 Å². The van der Waals surface area contributed by atoms with Gasteiger partial charge in [-0.25, -0.2) is 8.78 Å². The summed E-state index contributed by atoms with van der Waals surface area (Å²) in [5.41, 5.74) is 0.335. The molecule has 14 heavy (non-hydrogen) atoms. The van der Waals surface area contributed by atoms with Crippen LogP contribution in [0, 0.1) is 11.3 Å². The highest BCUT2D eigenvalue weighted by atomic mass is 19.3. The number of nitrogens with one attached hydrogen (secondary N) is 1. The third kappa shape index (κ3) is 9.90. The molecule has 0 saturated carbocycles. The molecule has 0 fully saturated rings. The lowest BCUT2D eigenvalue weighted by Gasteiger charge is -2.23. The molecule has 0 spiro atoms. The Morgan fingerprint density at radius 3 is 2.21 bits per heavy atom. The first-order chi connectivity index (χ1) is 6.31. The van der Waals surface area contributed by atoms with Crippen LogP contribution < -0.4 is 5.32 Å². The van der Waals surface area contributed by atoms with E-state index in [9.17, 15) is 8.78 Å². The van der Waals surface area contributed by atoms with Gasteiger partial charge in [-0.1, -0.05) is 27.7 Å². The number of hydrogen-bond acceptors (Lipinski definition) is 1. The van der Waals surface area contributed by atoms with Crippen molar-refractivity contribution >= 4 is 0 Å². The Hall–Kier alpha value is -0.180. The summed E-state index contributed by atoms with van der Waals surface area (Å²) < 4.78 is 23.5. The van der Waals surface area contributed by atoms with Crippen molar-refractivity contribution in [2.75, 3.05) is 13.1 Å². The van der Waals surface area contributed by atoms with Gasteiger partial charge in [0.2, 0.25) is 0 Å². The van der Waals surface area contributed by atoms with E-state index in [0.717, 1.165) is 12.8 Å². The van der Waals surface area contributed by atoms with Crippen molar-refractivity contribution < 1.29 is 8.78 Å². The molecule has 0 aromatic heterocycles. The van der Waals surface area contributed by atoms with E-state index in [2.05, 4.69) is 33.0 Å². The minimum absolute atomic E-state index is 0.178. The zero-order chi connectivity index (χ0) is 11.2. The smallest absolute Gasteiger partial charge is 0.250 e. The van der Waals surface area contributed by atoms with Gasteiger partial charge in [0.25, 0.3) is 6.43 Å². The van der Waals surface area contributed by atoms with Crippen molar-refractivity contribution in [3.63, 3.8) is 0 Å². The van der Waals surface area contributed by atoms with Crippen molar-refractivity contribution in [2.24, 2.45) is 11.3 Å². The van der Waals surface area contributed by atoms with Crippen molar-refractivity contribution in [3.05, 3.63) is 0 Å². The molecule has 0 saturated heterocycles. The molecule has 0 rings (SSSR count). The second-order valence-corrected chi connectivity index (χ2v) is 5.25. The highest BCUT2D eigenvalue weighted by molar-refractivity contribution is 4.67. The van der Waals surface area contributed by atoms with Gasteiger partial charge in [-0.3, -0.25) is 0 Å². The van der Waals surface area contributed by atoms with Crippen molar-refractivity contribution in [1.29, 1.82) is 0 Å². The molecule has 86 valence electrons. The molecular weight excluding hydrogens is 184 g/mol. The summed E-state index contributed by atoms with van der Waals surface area (Å²) in [6, 6.07) is 0. The third-order valence-corrected chi connectivity index (χ3v) is 2.07. The molecule has 0 amide bonds. The largest absolute Gasteiger partial charge is 0.311 e. The minimum atomic E-state index is -2.23. The van der Waals surface area contributed by atoms with Gasteiger partial charge in [0.05, 0.1) is 6.54 Å². The van der Waals surface area contributed by atoms with Crippen LogP contribution in [0.2, 0.25) is 0 Å². The monoisotopic (exact) mass is 207 g/mol. The highest BCUT2D eigenvalue weighted by Crippen LogP contribution is 2.25. The van der Waals surface area contributed by atoms with E-state index in [1.807, 2.05) is 0 Å². The summed E-state index contributed by atoms with van der Waals surface area (Å²) in [4.78, 5) is 0. The molecule has 1 unspecified atom stereocenters. The topological polar surface area (TPSA) is 12.0 Å². The molecule has 0 bridgehead atoms. The molecule has 0 aliphatic heterocycles. The van der Waals surface area contributed by atoms with E-state index in [4.69, 9.17) is 0 Å². The van der Waals surface area contributed by atoms with E-state index < -0.39 is 6.43 Å². The van der Waals surface area contributed by atoms with Crippen molar-refractivity contribution in [2.45, 2.75) is 47.0 Å². The summed E-state index contributed by atoms with van der Waals surface area (Å²) in [7, 11) is 0. The first-order valence-corrected chi connectivity index (χ1v) is 5.30. The lowest BCUT2D eigenvalue weighted by Crippen LogP contribution is -2.24. The zero-order valence-electron chi connectivity index (χ0n) is 9.74. The van der Waals surface area contributed by atoms with Crippen LogP contribution in [0.25, 0.3) is 0 Å². The fourth-order valence-corrected chi connectivity index (χ4v) is 1.71. The summed E-state index contributed by atoms with van der Waals surface area (Å²) in [6.07, 6.45) is -0.110. The van der Waals surface area contributed by atoms with Crippen LogP contribution in [0.15, 0.2) is 0 Å². The molecule has 0 heterocycles. The Balaban J connectivity index is 3.40. The van der Waals surface area contributed by atoms with Gasteiger partial charge in [-0.2, -0.15) is 0 Å². The second kappa shape index (κ2) is 6.33. The van der Waals surface area contributed by atoms with Gasteiger partial charge in [0, 0.05) is 0 Å². The van der Waals surface area contributed by atoms with Crippen LogP contribution in [0.5, 0.6) is 0 Å². The van der Waals surface area contributed by atoms with Crippen LogP contribution in [-0.2, 0) is 0 Å².